The number of rotatable bonds is 6. The first-order chi connectivity index (χ1) is 7.86. The van der Waals surface area contributed by atoms with E-state index in [9.17, 15) is 5.11 Å². The molecule has 17 heavy (non-hydrogen) atoms. The summed E-state index contributed by atoms with van der Waals surface area (Å²) >= 11 is 0. The SMILES string of the molecule is CC(C)NCc1nnc(N(C)C(C)(C)CO)o1. The van der Waals surface area contributed by atoms with E-state index < -0.39 is 5.54 Å². The summed E-state index contributed by atoms with van der Waals surface area (Å²) in [7, 11) is 1.82. The van der Waals surface area contributed by atoms with E-state index in [-0.39, 0.29) is 6.61 Å². The molecular weight excluding hydrogens is 220 g/mol. The molecule has 0 saturated heterocycles. The van der Waals surface area contributed by atoms with Crippen LogP contribution in [0.1, 0.15) is 33.6 Å². The highest BCUT2D eigenvalue weighted by Crippen LogP contribution is 2.20. The molecule has 6 heteroatoms. The lowest BCUT2D eigenvalue weighted by atomic mass is 10.1. The average molecular weight is 242 g/mol. The Kier molecular flexibility index (Phi) is 4.47. The minimum absolute atomic E-state index is 0.0193. The fourth-order valence-corrected chi connectivity index (χ4v) is 1.11. The molecular formula is C11H22N4O2. The Morgan fingerprint density at radius 3 is 2.59 bits per heavy atom. The van der Waals surface area contributed by atoms with Crippen LogP contribution in [-0.2, 0) is 6.54 Å². The molecule has 0 spiro atoms. The molecule has 2 N–H and O–H groups in total. The summed E-state index contributed by atoms with van der Waals surface area (Å²) in [5.74, 6) is 0.550. The average Bonchev–Trinajstić information content (AvgIpc) is 2.73. The van der Waals surface area contributed by atoms with Crippen LogP contribution >= 0.6 is 0 Å². The molecule has 1 heterocycles. The predicted octanol–water partition coefficient (Wildman–Crippen LogP) is 0.775. The van der Waals surface area contributed by atoms with Gasteiger partial charge in [-0.2, -0.15) is 0 Å². The maximum Gasteiger partial charge on any atom is 0.318 e. The molecule has 0 amide bonds. The molecule has 0 atom stereocenters. The van der Waals surface area contributed by atoms with Crippen molar-refractivity contribution in [3.8, 4) is 0 Å². The third-order valence-corrected chi connectivity index (χ3v) is 2.70. The van der Waals surface area contributed by atoms with E-state index in [1.807, 2.05) is 20.9 Å². The highest BCUT2D eigenvalue weighted by Gasteiger charge is 2.26. The van der Waals surface area contributed by atoms with Gasteiger partial charge in [-0.05, 0) is 13.8 Å². The van der Waals surface area contributed by atoms with Gasteiger partial charge in [0.15, 0.2) is 0 Å². The van der Waals surface area contributed by atoms with Gasteiger partial charge in [-0.3, -0.25) is 0 Å². The van der Waals surface area contributed by atoms with Crippen LogP contribution in [0.3, 0.4) is 0 Å². The van der Waals surface area contributed by atoms with Gasteiger partial charge in [-0.15, -0.1) is 5.10 Å². The molecule has 0 unspecified atom stereocenters. The number of nitrogens with one attached hydrogen (secondary N) is 1. The first-order valence-electron chi connectivity index (χ1n) is 5.77. The van der Waals surface area contributed by atoms with Crippen molar-refractivity contribution in [2.75, 3.05) is 18.6 Å². The first kappa shape index (κ1) is 13.9. The monoisotopic (exact) mass is 242 g/mol. The molecule has 0 aliphatic carbocycles. The number of aromatic nitrogens is 2. The van der Waals surface area contributed by atoms with Gasteiger partial charge in [0.1, 0.15) is 0 Å². The minimum atomic E-state index is -0.421. The van der Waals surface area contributed by atoms with Crippen molar-refractivity contribution < 1.29 is 9.52 Å². The highest BCUT2D eigenvalue weighted by molar-refractivity contribution is 5.27. The summed E-state index contributed by atoms with van der Waals surface area (Å²) in [5.41, 5.74) is -0.421. The lowest BCUT2D eigenvalue weighted by molar-refractivity contribution is 0.211. The Hall–Kier alpha value is -1.14. The summed E-state index contributed by atoms with van der Waals surface area (Å²) in [6, 6.07) is 0.793. The Labute approximate surface area is 102 Å². The number of aliphatic hydroxyl groups is 1. The van der Waals surface area contributed by atoms with Crippen LogP contribution in [0, 0.1) is 0 Å². The van der Waals surface area contributed by atoms with Crippen LogP contribution in [0.15, 0.2) is 4.42 Å². The van der Waals surface area contributed by atoms with Gasteiger partial charge < -0.3 is 19.7 Å². The molecule has 1 rings (SSSR count). The van der Waals surface area contributed by atoms with Crippen LogP contribution in [-0.4, -0.2) is 40.5 Å². The van der Waals surface area contributed by atoms with Crippen molar-refractivity contribution in [2.45, 2.75) is 45.8 Å². The van der Waals surface area contributed by atoms with E-state index in [4.69, 9.17) is 4.42 Å². The zero-order valence-corrected chi connectivity index (χ0v) is 11.2. The second-order valence-electron chi connectivity index (χ2n) is 5.04. The molecule has 0 aromatic carbocycles. The first-order valence-corrected chi connectivity index (χ1v) is 5.77. The van der Waals surface area contributed by atoms with E-state index >= 15 is 0 Å². The zero-order valence-electron chi connectivity index (χ0n) is 11.2. The molecule has 0 saturated carbocycles. The number of likely N-dealkylation sites (N-methyl/N-ethyl adjacent to an activating group) is 1. The van der Waals surface area contributed by atoms with Gasteiger partial charge in [0.2, 0.25) is 5.89 Å². The molecule has 0 radical (unpaired) electrons. The largest absolute Gasteiger partial charge is 0.407 e. The number of hydrogen-bond acceptors (Lipinski definition) is 6. The maximum atomic E-state index is 9.26. The summed E-state index contributed by atoms with van der Waals surface area (Å²) in [4.78, 5) is 1.78. The molecule has 0 bridgehead atoms. The van der Waals surface area contributed by atoms with Gasteiger partial charge in [-0.1, -0.05) is 18.9 Å². The van der Waals surface area contributed by atoms with E-state index in [2.05, 4.69) is 29.4 Å². The lowest BCUT2D eigenvalue weighted by Gasteiger charge is -2.31. The lowest BCUT2D eigenvalue weighted by Crippen LogP contribution is -2.44. The molecule has 0 fully saturated rings. The maximum absolute atomic E-state index is 9.26. The Morgan fingerprint density at radius 2 is 2.06 bits per heavy atom. The number of nitrogens with zero attached hydrogens (tertiary/aromatic N) is 3. The van der Waals surface area contributed by atoms with Crippen molar-refractivity contribution in [3.63, 3.8) is 0 Å². The molecule has 1 aromatic rings. The fourth-order valence-electron chi connectivity index (χ4n) is 1.11. The summed E-state index contributed by atoms with van der Waals surface area (Å²) in [6.07, 6.45) is 0. The Balaban J connectivity index is 2.67. The highest BCUT2D eigenvalue weighted by atomic mass is 16.4. The smallest absolute Gasteiger partial charge is 0.318 e. The molecule has 1 aromatic heterocycles. The van der Waals surface area contributed by atoms with Crippen molar-refractivity contribution >= 4 is 6.01 Å². The fraction of sp³-hybridized carbons (Fsp3) is 0.818. The van der Waals surface area contributed by atoms with Crippen molar-refractivity contribution in [2.24, 2.45) is 0 Å². The summed E-state index contributed by atoms with van der Waals surface area (Å²) in [6.45, 7) is 8.49. The minimum Gasteiger partial charge on any atom is -0.407 e. The molecule has 0 aliphatic heterocycles. The Bertz CT molecular complexity index is 349. The van der Waals surface area contributed by atoms with Gasteiger partial charge in [0, 0.05) is 13.1 Å². The van der Waals surface area contributed by atoms with E-state index in [1.165, 1.54) is 0 Å². The number of aliphatic hydroxyl groups excluding tert-OH is 1. The normalized spacial score (nSPS) is 12.2. The number of hydrogen-bond donors (Lipinski definition) is 2. The zero-order chi connectivity index (χ0) is 13.1. The van der Waals surface area contributed by atoms with Crippen LogP contribution in [0.4, 0.5) is 6.01 Å². The van der Waals surface area contributed by atoms with Crippen molar-refractivity contribution in [1.82, 2.24) is 15.5 Å². The summed E-state index contributed by atoms with van der Waals surface area (Å²) in [5, 5.41) is 20.4. The third-order valence-electron chi connectivity index (χ3n) is 2.70. The van der Waals surface area contributed by atoms with Gasteiger partial charge in [-0.25, -0.2) is 0 Å². The second-order valence-corrected chi connectivity index (χ2v) is 5.04. The second kappa shape index (κ2) is 5.46. The molecule has 98 valence electrons. The van der Waals surface area contributed by atoms with Crippen LogP contribution in [0.25, 0.3) is 0 Å². The third kappa shape index (κ3) is 3.67. The standard InChI is InChI=1S/C11H22N4O2/c1-8(2)12-6-9-13-14-10(17-9)15(5)11(3,4)7-16/h8,12,16H,6-7H2,1-5H3. The van der Waals surface area contributed by atoms with Gasteiger partial charge in [0.25, 0.3) is 0 Å². The van der Waals surface area contributed by atoms with Crippen LogP contribution < -0.4 is 10.2 Å². The molecule has 6 nitrogen and oxygen atoms in total. The van der Waals surface area contributed by atoms with E-state index in [0.717, 1.165) is 0 Å². The van der Waals surface area contributed by atoms with Crippen LogP contribution in [0.5, 0.6) is 0 Å². The summed E-state index contributed by atoms with van der Waals surface area (Å²) < 4.78 is 5.51. The van der Waals surface area contributed by atoms with E-state index in [0.29, 0.717) is 24.5 Å². The number of anilines is 1. The van der Waals surface area contributed by atoms with Crippen molar-refractivity contribution in [3.05, 3.63) is 5.89 Å². The predicted molar refractivity (Wildman–Crippen MR) is 65.8 cm³/mol. The topological polar surface area (TPSA) is 74.4 Å². The van der Waals surface area contributed by atoms with Crippen molar-refractivity contribution in [1.29, 1.82) is 0 Å². The van der Waals surface area contributed by atoms with Crippen LogP contribution in [0.2, 0.25) is 0 Å². The van der Waals surface area contributed by atoms with Gasteiger partial charge >= 0.3 is 6.01 Å². The van der Waals surface area contributed by atoms with E-state index in [1.54, 1.807) is 4.90 Å². The quantitative estimate of drug-likeness (QED) is 0.767. The Morgan fingerprint density at radius 1 is 1.41 bits per heavy atom. The van der Waals surface area contributed by atoms with Gasteiger partial charge in [0.05, 0.1) is 18.7 Å². The molecule has 0 aliphatic rings.